The monoisotopic (exact) mass is 403 g/mol. The molecule has 150 valence electrons. The number of nitrogens with one attached hydrogen (secondary N) is 1. The fourth-order valence-electron chi connectivity index (χ4n) is 3.38. The van der Waals surface area contributed by atoms with E-state index >= 15 is 0 Å². The van der Waals surface area contributed by atoms with Crippen LogP contribution in [-0.2, 0) is 22.6 Å². The highest BCUT2D eigenvalue weighted by molar-refractivity contribution is 7.12. The molecule has 0 aromatic carbocycles. The quantitative estimate of drug-likeness (QED) is 0.749. The largest absolute Gasteiger partial charge is 0.361 e. The Kier molecular flexibility index (Phi) is 6.28. The molecule has 2 aromatic heterocycles. The third kappa shape index (κ3) is 4.86. The van der Waals surface area contributed by atoms with E-state index in [2.05, 4.69) is 10.5 Å². The van der Waals surface area contributed by atoms with Crippen molar-refractivity contribution in [3.8, 4) is 0 Å². The van der Waals surface area contributed by atoms with Gasteiger partial charge in [-0.05, 0) is 50.6 Å². The number of nitrogens with zero attached hydrogens (tertiary/aromatic N) is 2. The van der Waals surface area contributed by atoms with Gasteiger partial charge in [0.05, 0.1) is 23.5 Å². The molecule has 2 amide bonds. The van der Waals surface area contributed by atoms with Crippen molar-refractivity contribution in [1.29, 1.82) is 0 Å². The van der Waals surface area contributed by atoms with Gasteiger partial charge in [-0.3, -0.25) is 14.4 Å². The Labute approximate surface area is 168 Å². The van der Waals surface area contributed by atoms with Gasteiger partial charge in [0.15, 0.2) is 5.78 Å². The summed E-state index contributed by atoms with van der Waals surface area (Å²) >= 11 is 1.36. The number of rotatable bonds is 6. The van der Waals surface area contributed by atoms with Crippen LogP contribution in [0.5, 0.6) is 0 Å². The van der Waals surface area contributed by atoms with Crippen LogP contribution in [0.3, 0.4) is 0 Å². The molecule has 1 fully saturated rings. The maximum absolute atomic E-state index is 12.5. The zero-order valence-electron chi connectivity index (χ0n) is 16.4. The number of aromatic nitrogens is 1. The summed E-state index contributed by atoms with van der Waals surface area (Å²) in [5, 5.41) is 8.83. The molecule has 1 saturated heterocycles. The van der Waals surface area contributed by atoms with E-state index in [9.17, 15) is 14.4 Å². The van der Waals surface area contributed by atoms with Crippen LogP contribution in [0.1, 0.15) is 58.4 Å². The first-order chi connectivity index (χ1) is 13.3. The molecule has 0 spiro atoms. The van der Waals surface area contributed by atoms with Crippen molar-refractivity contribution in [1.82, 2.24) is 15.4 Å². The Morgan fingerprint density at radius 2 is 2.14 bits per heavy atom. The lowest BCUT2D eigenvalue weighted by molar-refractivity contribution is -0.131. The first kappa shape index (κ1) is 20.3. The van der Waals surface area contributed by atoms with Gasteiger partial charge in [0.2, 0.25) is 11.8 Å². The molecule has 1 aliphatic rings. The van der Waals surface area contributed by atoms with Crippen molar-refractivity contribution in [2.75, 3.05) is 6.54 Å². The SMILES string of the molecule is CC(=O)c1cc(CC(=O)NC2CCC(=O)N(Cc3c(C)noc3C)CC2)cs1. The zero-order chi connectivity index (χ0) is 20.3. The summed E-state index contributed by atoms with van der Waals surface area (Å²) in [6, 6.07) is 1.74. The number of thiophene rings is 1. The van der Waals surface area contributed by atoms with Crippen LogP contribution in [-0.4, -0.2) is 40.2 Å². The first-order valence-electron chi connectivity index (χ1n) is 9.40. The standard InChI is InChI=1S/C20H25N3O4S/c1-12-17(14(3)27-22-12)10-23-7-6-16(4-5-20(23)26)21-19(25)9-15-8-18(13(2)24)28-11-15/h8,11,16H,4-7,9-10H2,1-3H3,(H,21,25). The van der Waals surface area contributed by atoms with Gasteiger partial charge in [-0.15, -0.1) is 11.3 Å². The fourth-order valence-corrected chi connectivity index (χ4v) is 4.20. The fraction of sp³-hybridized carbons (Fsp3) is 0.500. The lowest BCUT2D eigenvalue weighted by atomic mass is 10.1. The van der Waals surface area contributed by atoms with Crippen molar-refractivity contribution >= 4 is 28.9 Å². The van der Waals surface area contributed by atoms with E-state index in [1.807, 2.05) is 24.1 Å². The van der Waals surface area contributed by atoms with Crippen molar-refractivity contribution in [3.05, 3.63) is 38.9 Å². The van der Waals surface area contributed by atoms with Crippen LogP contribution < -0.4 is 5.32 Å². The van der Waals surface area contributed by atoms with Crippen molar-refractivity contribution in [2.24, 2.45) is 0 Å². The number of hydrogen-bond donors (Lipinski definition) is 1. The topological polar surface area (TPSA) is 92.5 Å². The summed E-state index contributed by atoms with van der Waals surface area (Å²) in [5.74, 6) is 0.752. The summed E-state index contributed by atoms with van der Waals surface area (Å²) in [4.78, 5) is 38.7. The molecule has 1 aliphatic heterocycles. The Morgan fingerprint density at radius 3 is 2.79 bits per heavy atom. The Morgan fingerprint density at radius 1 is 1.36 bits per heavy atom. The van der Waals surface area contributed by atoms with E-state index in [1.165, 1.54) is 18.3 Å². The minimum Gasteiger partial charge on any atom is -0.361 e. The van der Waals surface area contributed by atoms with Crippen LogP contribution in [0.15, 0.2) is 16.0 Å². The molecule has 1 unspecified atom stereocenters. The second-order valence-electron chi connectivity index (χ2n) is 7.26. The van der Waals surface area contributed by atoms with Crippen LogP contribution >= 0.6 is 11.3 Å². The van der Waals surface area contributed by atoms with Crippen molar-refractivity contribution < 1.29 is 18.9 Å². The van der Waals surface area contributed by atoms with Crippen LogP contribution in [0.25, 0.3) is 0 Å². The maximum atomic E-state index is 12.5. The van der Waals surface area contributed by atoms with Crippen molar-refractivity contribution in [2.45, 2.75) is 59.0 Å². The van der Waals surface area contributed by atoms with Crippen LogP contribution in [0, 0.1) is 13.8 Å². The molecule has 0 saturated carbocycles. The second-order valence-corrected chi connectivity index (χ2v) is 8.17. The third-order valence-electron chi connectivity index (χ3n) is 5.07. The molecule has 0 radical (unpaired) electrons. The van der Waals surface area contributed by atoms with E-state index in [4.69, 9.17) is 4.52 Å². The number of Topliss-reactive ketones (excluding diaryl/α,β-unsaturated/α-hetero) is 1. The lowest BCUT2D eigenvalue weighted by Gasteiger charge is -2.21. The summed E-state index contributed by atoms with van der Waals surface area (Å²) in [6.45, 7) is 6.32. The summed E-state index contributed by atoms with van der Waals surface area (Å²) in [6.07, 6.45) is 1.99. The number of carbonyl (C=O) groups is 3. The molecule has 0 aliphatic carbocycles. The number of amides is 2. The highest BCUT2D eigenvalue weighted by Crippen LogP contribution is 2.20. The summed E-state index contributed by atoms with van der Waals surface area (Å²) in [5.41, 5.74) is 2.60. The van der Waals surface area contributed by atoms with E-state index in [1.54, 1.807) is 6.07 Å². The van der Waals surface area contributed by atoms with Gasteiger partial charge < -0.3 is 14.7 Å². The number of aryl methyl sites for hydroxylation is 2. The highest BCUT2D eigenvalue weighted by Gasteiger charge is 2.25. The lowest BCUT2D eigenvalue weighted by Crippen LogP contribution is -2.36. The van der Waals surface area contributed by atoms with Gasteiger partial charge >= 0.3 is 0 Å². The summed E-state index contributed by atoms with van der Waals surface area (Å²) < 4.78 is 5.18. The molecule has 3 rings (SSSR count). The zero-order valence-corrected chi connectivity index (χ0v) is 17.2. The number of hydrogen-bond acceptors (Lipinski definition) is 6. The molecule has 8 heteroatoms. The molecule has 1 N–H and O–H groups in total. The molecular weight excluding hydrogens is 378 g/mol. The minimum absolute atomic E-state index is 0.0114. The predicted octanol–water partition coefficient (Wildman–Crippen LogP) is 2.80. The van der Waals surface area contributed by atoms with Crippen molar-refractivity contribution in [3.63, 3.8) is 0 Å². The Balaban J connectivity index is 1.54. The Bertz CT molecular complexity index is 866. The number of carbonyl (C=O) groups excluding carboxylic acids is 3. The Hall–Kier alpha value is -2.48. The van der Waals surface area contributed by atoms with E-state index in [0.29, 0.717) is 37.2 Å². The van der Waals surface area contributed by atoms with Gasteiger partial charge in [0.1, 0.15) is 5.76 Å². The van der Waals surface area contributed by atoms with E-state index in [0.717, 1.165) is 22.6 Å². The van der Waals surface area contributed by atoms with Gasteiger partial charge in [0.25, 0.3) is 0 Å². The van der Waals surface area contributed by atoms with Gasteiger partial charge in [-0.25, -0.2) is 0 Å². The van der Waals surface area contributed by atoms with E-state index in [-0.39, 0.29) is 30.1 Å². The average molecular weight is 404 g/mol. The van der Waals surface area contributed by atoms with E-state index < -0.39 is 0 Å². The average Bonchev–Trinajstić information content (AvgIpc) is 3.18. The predicted molar refractivity (Wildman–Crippen MR) is 105 cm³/mol. The second kappa shape index (κ2) is 8.68. The minimum atomic E-state index is -0.0791. The molecule has 7 nitrogen and oxygen atoms in total. The normalized spacial score (nSPS) is 17.5. The van der Waals surface area contributed by atoms with Gasteiger partial charge in [-0.1, -0.05) is 5.16 Å². The highest BCUT2D eigenvalue weighted by atomic mass is 32.1. The third-order valence-corrected chi connectivity index (χ3v) is 6.15. The molecule has 2 aromatic rings. The molecule has 3 heterocycles. The van der Waals surface area contributed by atoms with Gasteiger partial charge in [-0.2, -0.15) is 0 Å². The smallest absolute Gasteiger partial charge is 0.224 e. The van der Waals surface area contributed by atoms with Crippen LogP contribution in [0.2, 0.25) is 0 Å². The molecule has 1 atom stereocenters. The molecule has 28 heavy (non-hydrogen) atoms. The molecule has 0 bridgehead atoms. The number of likely N-dealkylation sites (tertiary alicyclic amines) is 1. The first-order valence-corrected chi connectivity index (χ1v) is 10.3. The maximum Gasteiger partial charge on any atom is 0.224 e. The van der Waals surface area contributed by atoms with Gasteiger partial charge in [0, 0.05) is 24.6 Å². The molecular formula is C20H25N3O4S. The number of ketones is 1. The van der Waals surface area contributed by atoms with Crippen LogP contribution in [0.4, 0.5) is 0 Å². The summed E-state index contributed by atoms with van der Waals surface area (Å²) in [7, 11) is 0.